The molecule has 2 aliphatic rings. The number of nitrogens with one attached hydrogen (secondary N) is 1. The van der Waals surface area contributed by atoms with Crippen LogP contribution in [0.2, 0.25) is 10.0 Å². The molecule has 1 saturated heterocycles. The van der Waals surface area contributed by atoms with Crippen molar-refractivity contribution >= 4 is 63.8 Å². The predicted octanol–water partition coefficient (Wildman–Crippen LogP) is 5.98. The lowest BCUT2D eigenvalue weighted by molar-refractivity contribution is -0.123. The molecule has 0 unspecified atom stereocenters. The molecule has 2 aliphatic heterocycles. The maximum Gasteiger partial charge on any atom is 0.293 e. The van der Waals surface area contributed by atoms with Crippen LogP contribution < -0.4 is 19.5 Å². The number of anilines is 1. The standard InChI is InChI=1S/C26H18Cl2N2O6S/c27-17-6-2-3-7-19(17)29-24(31)13-34-20-8-4-1-5-15(20)10-23-25(32)30(26(33)37-23)12-16-9-21-22(11-18(16)28)36-14-35-21/h1-11H,12-14H2,(H,29,31)/b23-10-. The summed E-state index contributed by atoms with van der Waals surface area (Å²) in [5, 5.41) is 3.03. The Bertz CT molecular complexity index is 1440. The number of rotatable bonds is 7. The fourth-order valence-electron chi connectivity index (χ4n) is 3.65. The number of ether oxygens (including phenoxy) is 3. The minimum absolute atomic E-state index is 0.0160. The second kappa shape index (κ2) is 10.8. The van der Waals surface area contributed by atoms with Crippen LogP contribution in [-0.4, -0.2) is 35.4 Å². The number of para-hydroxylation sites is 2. The number of benzene rings is 3. The Kier molecular flexibility index (Phi) is 7.27. The minimum Gasteiger partial charge on any atom is -0.483 e. The summed E-state index contributed by atoms with van der Waals surface area (Å²) in [6, 6.07) is 17.0. The first kappa shape index (κ1) is 25.0. The molecular formula is C26H18Cl2N2O6S. The summed E-state index contributed by atoms with van der Waals surface area (Å²) in [6.45, 7) is -0.208. The van der Waals surface area contributed by atoms with E-state index in [9.17, 15) is 14.4 Å². The Morgan fingerprint density at radius 3 is 2.57 bits per heavy atom. The number of thioether (sulfide) groups is 1. The van der Waals surface area contributed by atoms with Crippen molar-refractivity contribution in [3.8, 4) is 17.2 Å². The normalized spacial score (nSPS) is 15.4. The van der Waals surface area contributed by atoms with Crippen LogP contribution in [0.25, 0.3) is 6.08 Å². The number of carbonyl (C=O) groups excluding carboxylic acids is 3. The molecule has 0 aliphatic carbocycles. The van der Waals surface area contributed by atoms with Crippen LogP contribution in [0.4, 0.5) is 10.5 Å². The molecule has 188 valence electrons. The number of fused-ring (bicyclic) bond motifs is 1. The highest BCUT2D eigenvalue weighted by Gasteiger charge is 2.36. The molecule has 3 aromatic carbocycles. The van der Waals surface area contributed by atoms with Gasteiger partial charge in [-0.15, -0.1) is 0 Å². The van der Waals surface area contributed by atoms with Gasteiger partial charge in [0.2, 0.25) is 6.79 Å². The molecule has 3 amide bonds. The Balaban J connectivity index is 1.28. The molecule has 0 bridgehead atoms. The third-order valence-electron chi connectivity index (χ3n) is 5.46. The van der Waals surface area contributed by atoms with Crippen molar-refractivity contribution in [2.75, 3.05) is 18.7 Å². The maximum absolute atomic E-state index is 13.1. The van der Waals surface area contributed by atoms with Gasteiger partial charge in [0.1, 0.15) is 5.75 Å². The first-order chi connectivity index (χ1) is 17.9. The predicted molar refractivity (Wildman–Crippen MR) is 141 cm³/mol. The van der Waals surface area contributed by atoms with E-state index in [4.69, 9.17) is 37.4 Å². The Hall–Kier alpha value is -3.66. The van der Waals surface area contributed by atoms with Crippen LogP contribution in [0.3, 0.4) is 0 Å². The minimum atomic E-state index is -0.463. The van der Waals surface area contributed by atoms with Crippen molar-refractivity contribution in [3.05, 3.63) is 86.7 Å². The summed E-state index contributed by atoms with van der Waals surface area (Å²) >= 11 is 13.2. The van der Waals surface area contributed by atoms with Gasteiger partial charge in [0.05, 0.1) is 22.2 Å². The van der Waals surface area contributed by atoms with Crippen LogP contribution in [-0.2, 0) is 16.1 Å². The van der Waals surface area contributed by atoms with E-state index in [1.807, 2.05) is 0 Å². The van der Waals surface area contributed by atoms with Crippen molar-refractivity contribution in [3.63, 3.8) is 0 Å². The van der Waals surface area contributed by atoms with Gasteiger partial charge >= 0.3 is 0 Å². The zero-order valence-corrected chi connectivity index (χ0v) is 21.4. The summed E-state index contributed by atoms with van der Waals surface area (Å²) in [4.78, 5) is 39.4. The summed E-state index contributed by atoms with van der Waals surface area (Å²) in [7, 11) is 0. The molecule has 0 radical (unpaired) electrons. The van der Waals surface area contributed by atoms with Crippen LogP contribution in [0.5, 0.6) is 17.2 Å². The number of hydrogen-bond donors (Lipinski definition) is 1. The van der Waals surface area contributed by atoms with Gasteiger partial charge in [0.15, 0.2) is 18.1 Å². The van der Waals surface area contributed by atoms with Gasteiger partial charge in [-0.3, -0.25) is 19.3 Å². The molecule has 8 nitrogen and oxygen atoms in total. The van der Waals surface area contributed by atoms with E-state index >= 15 is 0 Å². The van der Waals surface area contributed by atoms with Gasteiger partial charge in [-0.25, -0.2) is 0 Å². The van der Waals surface area contributed by atoms with Crippen molar-refractivity contribution in [1.29, 1.82) is 0 Å². The lowest BCUT2D eigenvalue weighted by atomic mass is 10.1. The molecule has 1 N–H and O–H groups in total. The third-order valence-corrected chi connectivity index (χ3v) is 7.04. The fourth-order valence-corrected chi connectivity index (χ4v) is 4.88. The van der Waals surface area contributed by atoms with Crippen molar-refractivity contribution in [2.24, 2.45) is 0 Å². The van der Waals surface area contributed by atoms with Crippen molar-refractivity contribution in [1.82, 2.24) is 4.90 Å². The van der Waals surface area contributed by atoms with Gasteiger partial charge in [-0.2, -0.15) is 0 Å². The van der Waals surface area contributed by atoms with Crippen molar-refractivity contribution in [2.45, 2.75) is 6.54 Å². The van der Waals surface area contributed by atoms with E-state index in [2.05, 4.69) is 5.32 Å². The first-order valence-electron chi connectivity index (χ1n) is 11.0. The number of amides is 3. The number of carbonyl (C=O) groups is 3. The summed E-state index contributed by atoms with van der Waals surface area (Å²) < 4.78 is 16.4. The Labute approximate surface area is 226 Å². The third kappa shape index (κ3) is 5.53. The van der Waals surface area contributed by atoms with E-state index in [1.165, 1.54) is 0 Å². The van der Waals surface area contributed by atoms with Gasteiger partial charge in [0.25, 0.3) is 17.1 Å². The highest BCUT2D eigenvalue weighted by molar-refractivity contribution is 8.18. The average Bonchev–Trinajstić information content (AvgIpc) is 3.44. The number of imide groups is 1. The summed E-state index contributed by atoms with van der Waals surface area (Å²) in [6.07, 6.45) is 1.56. The van der Waals surface area contributed by atoms with Gasteiger partial charge < -0.3 is 19.5 Å². The lowest BCUT2D eigenvalue weighted by Gasteiger charge is -2.14. The molecule has 1 fully saturated rings. The molecule has 0 spiro atoms. The molecule has 37 heavy (non-hydrogen) atoms. The molecule has 0 aromatic heterocycles. The second-order valence-corrected chi connectivity index (χ2v) is 9.73. The van der Waals surface area contributed by atoms with E-state index < -0.39 is 17.1 Å². The van der Waals surface area contributed by atoms with Gasteiger partial charge in [0, 0.05) is 16.7 Å². The number of hydrogen-bond acceptors (Lipinski definition) is 7. The lowest BCUT2D eigenvalue weighted by Crippen LogP contribution is -2.27. The molecule has 3 aromatic rings. The quantitative estimate of drug-likeness (QED) is 0.358. The molecule has 0 saturated carbocycles. The molecular weight excluding hydrogens is 539 g/mol. The molecule has 11 heteroatoms. The Morgan fingerprint density at radius 2 is 1.76 bits per heavy atom. The summed E-state index contributed by atoms with van der Waals surface area (Å²) in [5.41, 5.74) is 1.57. The van der Waals surface area contributed by atoms with Gasteiger partial charge in [-0.1, -0.05) is 53.5 Å². The SMILES string of the molecule is O=C(COc1ccccc1/C=C1\SC(=O)N(Cc2cc3c(cc2Cl)OCO3)C1=O)Nc1ccccc1Cl. The van der Waals surface area contributed by atoms with Crippen LogP contribution in [0, 0.1) is 0 Å². The maximum atomic E-state index is 13.1. The van der Waals surface area contributed by atoms with Gasteiger partial charge in [-0.05, 0) is 47.7 Å². The molecule has 2 heterocycles. The van der Waals surface area contributed by atoms with Crippen molar-refractivity contribution < 1.29 is 28.6 Å². The second-order valence-electron chi connectivity index (χ2n) is 7.92. The smallest absolute Gasteiger partial charge is 0.293 e. The average molecular weight is 557 g/mol. The number of halogens is 2. The van der Waals surface area contributed by atoms with E-state index in [0.717, 1.165) is 16.7 Å². The molecule has 5 rings (SSSR count). The summed E-state index contributed by atoms with van der Waals surface area (Å²) in [5.74, 6) is 0.535. The number of nitrogens with zero attached hydrogens (tertiary/aromatic N) is 1. The van der Waals surface area contributed by atoms with E-state index in [1.54, 1.807) is 66.7 Å². The van der Waals surface area contributed by atoms with Crippen LogP contribution >= 0.6 is 35.0 Å². The molecule has 0 atom stereocenters. The topological polar surface area (TPSA) is 94.2 Å². The Morgan fingerprint density at radius 1 is 1.03 bits per heavy atom. The largest absolute Gasteiger partial charge is 0.483 e. The first-order valence-corrected chi connectivity index (χ1v) is 12.6. The van der Waals surface area contributed by atoms with E-state index in [-0.39, 0.29) is 24.8 Å². The zero-order valence-electron chi connectivity index (χ0n) is 19.0. The van der Waals surface area contributed by atoms with E-state index in [0.29, 0.717) is 44.1 Å². The van der Waals surface area contributed by atoms with Crippen LogP contribution in [0.1, 0.15) is 11.1 Å². The zero-order chi connectivity index (χ0) is 25.9. The highest BCUT2D eigenvalue weighted by Crippen LogP contribution is 2.39. The fraction of sp³-hybridized carbons (Fsp3) is 0.115. The monoisotopic (exact) mass is 556 g/mol. The highest BCUT2D eigenvalue weighted by atomic mass is 35.5. The van der Waals surface area contributed by atoms with Crippen LogP contribution in [0.15, 0.2) is 65.6 Å².